The van der Waals surface area contributed by atoms with E-state index in [0.29, 0.717) is 6.04 Å². The van der Waals surface area contributed by atoms with Crippen molar-refractivity contribution in [1.29, 1.82) is 0 Å². The molecule has 1 aliphatic rings. The molecule has 1 heterocycles. The van der Waals surface area contributed by atoms with Crippen LogP contribution in [0.5, 0.6) is 0 Å². The molecular formula is C18H30N2. The molecule has 1 aliphatic heterocycles. The van der Waals surface area contributed by atoms with E-state index in [9.17, 15) is 0 Å². The average Bonchev–Trinajstić information content (AvgIpc) is 2.52. The van der Waals surface area contributed by atoms with Crippen LogP contribution in [0.25, 0.3) is 0 Å². The maximum atomic E-state index is 3.65. The summed E-state index contributed by atoms with van der Waals surface area (Å²) in [6.45, 7) is 9.48. The number of benzene rings is 1. The fraction of sp³-hybridized carbons (Fsp3) is 0.667. The third kappa shape index (κ3) is 4.92. The Hall–Kier alpha value is -0.860. The normalized spacial score (nSPS) is 18.1. The molecule has 1 saturated heterocycles. The highest BCUT2D eigenvalue weighted by Crippen LogP contribution is 2.14. The van der Waals surface area contributed by atoms with Crippen LogP contribution in [0.15, 0.2) is 24.3 Å². The highest BCUT2D eigenvalue weighted by atomic mass is 15.1. The van der Waals surface area contributed by atoms with E-state index in [1.165, 1.54) is 56.4 Å². The van der Waals surface area contributed by atoms with E-state index in [0.717, 1.165) is 13.0 Å². The molecule has 0 amide bonds. The first-order valence-electron chi connectivity index (χ1n) is 8.34. The van der Waals surface area contributed by atoms with Gasteiger partial charge in [-0.15, -0.1) is 0 Å². The van der Waals surface area contributed by atoms with Crippen LogP contribution in [0.3, 0.4) is 0 Å². The summed E-state index contributed by atoms with van der Waals surface area (Å²) in [6.07, 6.45) is 6.61. The van der Waals surface area contributed by atoms with Crippen LogP contribution in [0.2, 0.25) is 0 Å². The fourth-order valence-electron chi connectivity index (χ4n) is 2.96. The third-order valence-corrected chi connectivity index (χ3v) is 4.44. The maximum absolute atomic E-state index is 3.65. The van der Waals surface area contributed by atoms with Gasteiger partial charge in [0, 0.05) is 6.04 Å². The van der Waals surface area contributed by atoms with Gasteiger partial charge in [0.1, 0.15) is 0 Å². The standard InChI is InChI=1S/C18H30N2/c1-3-17-8-10-18(11-9-17)16(2)19-12-7-15-20-13-5-4-6-14-20/h8-11,16,19H,3-7,12-15H2,1-2H3. The number of aryl methyl sites for hydroxylation is 1. The van der Waals surface area contributed by atoms with Crippen molar-refractivity contribution in [2.75, 3.05) is 26.2 Å². The Morgan fingerprint density at radius 3 is 2.45 bits per heavy atom. The molecule has 1 N–H and O–H groups in total. The van der Waals surface area contributed by atoms with Crippen LogP contribution < -0.4 is 5.32 Å². The number of nitrogens with zero attached hydrogens (tertiary/aromatic N) is 1. The van der Waals surface area contributed by atoms with E-state index in [-0.39, 0.29) is 0 Å². The molecule has 2 heteroatoms. The quantitative estimate of drug-likeness (QED) is 0.761. The summed E-state index contributed by atoms with van der Waals surface area (Å²) in [5.74, 6) is 0. The molecule has 2 nitrogen and oxygen atoms in total. The Bertz CT molecular complexity index is 366. The lowest BCUT2D eigenvalue weighted by Crippen LogP contribution is -2.32. The molecule has 1 unspecified atom stereocenters. The molecule has 1 atom stereocenters. The molecule has 0 spiro atoms. The zero-order chi connectivity index (χ0) is 14.2. The molecule has 2 rings (SSSR count). The first-order valence-corrected chi connectivity index (χ1v) is 8.34. The van der Waals surface area contributed by atoms with Gasteiger partial charge in [0.15, 0.2) is 0 Å². The summed E-state index contributed by atoms with van der Waals surface area (Å²) >= 11 is 0. The van der Waals surface area contributed by atoms with E-state index in [2.05, 4.69) is 48.3 Å². The van der Waals surface area contributed by atoms with Crippen LogP contribution in [-0.2, 0) is 6.42 Å². The first kappa shape index (κ1) is 15.5. The van der Waals surface area contributed by atoms with E-state index in [1.54, 1.807) is 0 Å². The minimum Gasteiger partial charge on any atom is -0.310 e. The second kappa shape index (κ2) is 8.43. The van der Waals surface area contributed by atoms with Gasteiger partial charge in [0.05, 0.1) is 0 Å². The molecule has 0 bridgehead atoms. The van der Waals surface area contributed by atoms with Crippen molar-refractivity contribution < 1.29 is 0 Å². The van der Waals surface area contributed by atoms with Crippen molar-refractivity contribution in [2.45, 2.75) is 52.0 Å². The van der Waals surface area contributed by atoms with Gasteiger partial charge in [-0.05, 0) is 69.9 Å². The molecule has 0 radical (unpaired) electrons. The van der Waals surface area contributed by atoms with Gasteiger partial charge in [0.25, 0.3) is 0 Å². The average molecular weight is 274 g/mol. The third-order valence-electron chi connectivity index (χ3n) is 4.44. The Morgan fingerprint density at radius 2 is 1.80 bits per heavy atom. The van der Waals surface area contributed by atoms with Gasteiger partial charge in [-0.2, -0.15) is 0 Å². The summed E-state index contributed by atoms with van der Waals surface area (Å²) in [5, 5.41) is 3.65. The van der Waals surface area contributed by atoms with Crippen molar-refractivity contribution in [3.05, 3.63) is 35.4 Å². The van der Waals surface area contributed by atoms with Crippen molar-refractivity contribution in [3.8, 4) is 0 Å². The monoisotopic (exact) mass is 274 g/mol. The highest BCUT2D eigenvalue weighted by Gasteiger charge is 2.09. The Kier molecular flexibility index (Phi) is 6.55. The zero-order valence-corrected chi connectivity index (χ0v) is 13.2. The number of rotatable bonds is 7. The van der Waals surface area contributed by atoms with Crippen LogP contribution in [0, 0.1) is 0 Å². The lowest BCUT2D eigenvalue weighted by molar-refractivity contribution is 0.225. The Balaban J connectivity index is 1.64. The zero-order valence-electron chi connectivity index (χ0n) is 13.2. The van der Waals surface area contributed by atoms with Crippen LogP contribution in [0.1, 0.15) is 56.7 Å². The van der Waals surface area contributed by atoms with Crippen LogP contribution in [0.4, 0.5) is 0 Å². The summed E-state index contributed by atoms with van der Waals surface area (Å²) in [5.41, 5.74) is 2.83. The number of piperidine rings is 1. The predicted molar refractivity (Wildman–Crippen MR) is 87.1 cm³/mol. The van der Waals surface area contributed by atoms with E-state index < -0.39 is 0 Å². The van der Waals surface area contributed by atoms with Gasteiger partial charge in [0.2, 0.25) is 0 Å². The van der Waals surface area contributed by atoms with E-state index >= 15 is 0 Å². The van der Waals surface area contributed by atoms with Crippen molar-refractivity contribution in [1.82, 2.24) is 10.2 Å². The lowest BCUT2D eigenvalue weighted by Gasteiger charge is -2.26. The fourth-order valence-corrected chi connectivity index (χ4v) is 2.96. The molecule has 1 aromatic carbocycles. The van der Waals surface area contributed by atoms with Gasteiger partial charge < -0.3 is 10.2 Å². The Labute approximate surface area is 124 Å². The van der Waals surface area contributed by atoms with Crippen molar-refractivity contribution in [3.63, 3.8) is 0 Å². The highest BCUT2D eigenvalue weighted by molar-refractivity contribution is 5.24. The van der Waals surface area contributed by atoms with Gasteiger partial charge >= 0.3 is 0 Å². The Morgan fingerprint density at radius 1 is 1.10 bits per heavy atom. The number of likely N-dealkylation sites (tertiary alicyclic amines) is 1. The molecule has 0 aliphatic carbocycles. The van der Waals surface area contributed by atoms with E-state index in [1.807, 2.05) is 0 Å². The second-order valence-corrected chi connectivity index (χ2v) is 6.03. The lowest BCUT2D eigenvalue weighted by atomic mass is 10.0. The van der Waals surface area contributed by atoms with Gasteiger partial charge in [-0.1, -0.05) is 37.6 Å². The molecule has 1 fully saturated rings. The molecule has 20 heavy (non-hydrogen) atoms. The first-order chi connectivity index (χ1) is 9.79. The molecule has 112 valence electrons. The number of hydrogen-bond acceptors (Lipinski definition) is 2. The van der Waals surface area contributed by atoms with Crippen LogP contribution >= 0.6 is 0 Å². The SMILES string of the molecule is CCc1ccc(C(C)NCCCN2CCCCC2)cc1. The molecule has 1 aromatic rings. The van der Waals surface area contributed by atoms with Crippen molar-refractivity contribution >= 4 is 0 Å². The van der Waals surface area contributed by atoms with Crippen LogP contribution in [-0.4, -0.2) is 31.1 Å². The summed E-state index contributed by atoms with van der Waals surface area (Å²) in [4.78, 5) is 2.62. The van der Waals surface area contributed by atoms with E-state index in [4.69, 9.17) is 0 Å². The number of hydrogen-bond donors (Lipinski definition) is 1. The minimum atomic E-state index is 0.460. The smallest absolute Gasteiger partial charge is 0.0291 e. The summed E-state index contributed by atoms with van der Waals surface area (Å²) in [7, 11) is 0. The van der Waals surface area contributed by atoms with Gasteiger partial charge in [-0.3, -0.25) is 0 Å². The predicted octanol–water partition coefficient (Wildman–Crippen LogP) is 3.78. The largest absolute Gasteiger partial charge is 0.310 e. The summed E-state index contributed by atoms with van der Waals surface area (Å²) in [6, 6.07) is 9.49. The maximum Gasteiger partial charge on any atom is 0.0291 e. The second-order valence-electron chi connectivity index (χ2n) is 6.03. The van der Waals surface area contributed by atoms with Crippen molar-refractivity contribution in [2.24, 2.45) is 0 Å². The molecule has 0 aromatic heterocycles. The number of nitrogens with one attached hydrogen (secondary N) is 1. The molecular weight excluding hydrogens is 244 g/mol. The minimum absolute atomic E-state index is 0.460. The topological polar surface area (TPSA) is 15.3 Å². The van der Waals surface area contributed by atoms with Gasteiger partial charge in [-0.25, -0.2) is 0 Å². The summed E-state index contributed by atoms with van der Waals surface area (Å²) < 4.78 is 0. The molecule has 0 saturated carbocycles.